The lowest BCUT2D eigenvalue weighted by atomic mass is 10.0. The van der Waals surface area contributed by atoms with E-state index in [2.05, 4.69) is 36.5 Å². The lowest BCUT2D eigenvalue weighted by Crippen LogP contribution is -2.07. The smallest absolute Gasteiger partial charge is 0.160 e. The summed E-state index contributed by atoms with van der Waals surface area (Å²) in [6.45, 7) is 4.10. The zero-order valence-electron chi connectivity index (χ0n) is 11.1. The van der Waals surface area contributed by atoms with Crippen LogP contribution in [-0.2, 0) is 6.42 Å². The molecule has 0 saturated carbocycles. The molecule has 0 aliphatic rings. The highest BCUT2D eigenvalue weighted by atomic mass is 19.2. The molecule has 1 N–H and O–H groups in total. The van der Waals surface area contributed by atoms with Crippen LogP contribution in [0.4, 0.5) is 14.5 Å². The molecular formula is C16H17F2N. The van der Waals surface area contributed by atoms with Crippen LogP contribution in [0.15, 0.2) is 42.5 Å². The maximum atomic E-state index is 13.1. The fourth-order valence-electron chi connectivity index (χ4n) is 1.96. The minimum atomic E-state index is -0.835. The minimum Gasteiger partial charge on any atom is -0.378 e. The molecule has 1 nitrogen and oxygen atoms in total. The topological polar surface area (TPSA) is 12.0 Å². The molecule has 0 radical (unpaired) electrons. The average Bonchev–Trinajstić information content (AvgIpc) is 2.43. The number of aryl methyl sites for hydroxylation is 1. The number of benzene rings is 2. The van der Waals surface area contributed by atoms with Crippen LogP contribution < -0.4 is 5.32 Å². The van der Waals surface area contributed by atoms with Crippen LogP contribution in [-0.4, -0.2) is 0 Å². The molecule has 0 spiro atoms. The Kier molecular flexibility index (Phi) is 4.15. The first-order valence-corrected chi connectivity index (χ1v) is 6.40. The van der Waals surface area contributed by atoms with Gasteiger partial charge in [0.15, 0.2) is 11.6 Å². The second-order valence-corrected chi connectivity index (χ2v) is 4.59. The quantitative estimate of drug-likeness (QED) is 0.841. The van der Waals surface area contributed by atoms with Gasteiger partial charge in [0.25, 0.3) is 0 Å². The summed E-state index contributed by atoms with van der Waals surface area (Å²) in [5, 5.41) is 3.16. The molecule has 3 heteroatoms. The Morgan fingerprint density at radius 3 is 2.26 bits per heavy atom. The lowest BCUT2D eigenvalue weighted by molar-refractivity contribution is 0.509. The molecule has 0 heterocycles. The summed E-state index contributed by atoms with van der Waals surface area (Å²) in [7, 11) is 0. The predicted octanol–water partition coefficient (Wildman–Crippen LogP) is 4.70. The van der Waals surface area contributed by atoms with E-state index in [0.717, 1.165) is 18.1 Å². The van der Waals surface area contributed by atoms with E-state index in [4.69, 9.17) is 0 Å². The zero-order valence-corrected chi connectivity index (χ0v) is 11.1. The molecule has 100 valence electrons. The van der Waals surface area contributed by atoms with Crippen LogP contribution in [0.25, 0.3) is 0 Å². The number of nitrogens with one attached hydrogen (secondary N) is 1. The standard InChI is InChI=1S/C16H17F2N/c1-3-12-4-6-13(7-5-12)11(2)19-14-8-9-15(17)16(18)10-14/h4-11,19H,3H2,1-2H3. The van der Waals surface area contributed by atoms with Crippen LogP contribution >= 0.6 is 0 Å². The van der Waals surface area contributed by atoms with Gasteiger partial charge in [0.1, 0.15) is 0 Å². The maximum Gasteiger partial charge on any atom is 0.160 e. The van der Waals surface area contributed by atoms with Crippen molar-refractivity contribution in [1.82, 2.24) is 0 Å². The van der Waals surface area contributed by atoms with Gasteiger partial charge in [-0.15, -0.1) is 0 Å². The van der Waals surface area contributed by atoms with E-state index in [1.165, 1.54) is 17.7 Å². The van der Waals surface area contributed by atoms with E-state index in [1.807, 2.05) is 6.92 Å². The SMILES string of the molecule is CCc1ccc(C(C)Nc2ccc(F)c(F)c2)cc1. The van der Waals surface area contributed by atoms with Crippen LogP contribution in [0.2, 0.25) is 0 Å². The minimum absolute atomic E-state index is 0.0377. The van der Waals surface area contributed by atoms with Crippen molar-refractivity contribution in [1.29, 1.82) is 0 Å². The fraction of sp³-hybridized carbons (Fsp3) is 0.250. The van der Waals surface area contributed by atoms with Crippen molar-refractivity contribution < 1.29 is 8.78 Å². The van der Waals surface area contributed by atoms with E-state index >= 15 is 0 Å². The van der Waals surface area contributed by atoms with Crippen molar-refractivity contribution in [3.63, 3.8) is 0 Å². The van der Waals surface area contributed by atoms with Gasteiger partial charge in [-0.1, -0.05) is 31.2 Å². The van der Waals surface area contributed by atoms with Gasteiger partial charge in [-0.05, 0) is 36.6 Å². The van der Waals surface area contributed by atoms with Gasteiger partial charge >= 0.3 is 0 Å². The summed E-state index contributed by atoms with van der Waals surface area (Å²) >= 11 is 0. The second kappa shape index (κ2) is 5.83. The molecule has 0 fully saturated rings. The van der Waals surface area contributed by atoms with E-state index in [0.29, 0.717) is 5.69 Å². The van der Waals surface area contributed by atoms with Crippen LogP contribution in [0, 0.1) is 11.6 Å². The number of hydrogen-bond acceptors (Lipinski definition) is 1. The van der Waals surface area contributed by atoms with Crippen LogP contribution in [0.3, 0.4) is 0 Å². The summed E-state index contributed by atoms with van der Waals surface area (Å²) in [4.78, 5) is 0. The average molecular weight is 261 g/mol. The van der Waals surface area contributed by atoms with E-state index in [-0.39, 0.29) is 6.04 Å². The lowest BCUT2D eigenvalue weighted by Gasteiger charge is -2.16. The third-order valence-corrected chi connectivity index (χ3v) is 3.19. The van der Waals surface area contributed by atoms with E-state index in [9.17, 15) is 8.78 Å². The van der Waals surface area contributed by atoms with E-state index < -0.39 is 11.6 Å². The monoisotopic (exact) mass is 261 g/mol. The highest BCUT2D eigenvalue weighted by Crippen LogP contribution is 2.21. The van der Waals surface area contributed by atoms with Gasteiger partial charge in [-0.2, -0.15) is 0 Å². The highest BCUT2D eigenvalue weighted by Gasteiger charge is 2.07. The first-order valence-electron chi connectivity index (χ1n) is 6.40. The van der Waals surface area contributed by atoms with Gasteiger partial charge in [0.05, 0.1) is 0 Å². The first kappa shape index (κ1) is 13.5. The third kappa shape index (κ3) is 3.31. The van der Waals surface area contributed by atoms with Gasteiger partial charge in [0.2, 0.25) is 0 Å². The predicted molar refractivity (Wildman–Crippen MR) is 74.2 cm³/mol. The molecular weight excluding hydrogens is 244 g/mol. The Labute approximate surface area is 112 Å². The van der Waals surface area contributed by atoms with Crippen molar-refractivity contribution >= 4 is 5.69 Å². The molecule has 19 heavy (non-hydrogen) atoms. The summed E-state index contributed by atoms with van der Waals surface area (Å²) < 4.78 is 26.0. The number of hydrogen-bond donors (Lipinski definition) is 1. The summed E-state index contributed by atoms with van der Waals surface area (Å²) in [6, 6.07) is 12.1. The van der Waals surface area contributed by atoms with Gasteiger partial charge in [0, 0.05) is 17.8 Å². The Morgan fingerprint density at radius 2 is 1.68 bits per heavy atom. The second-order valence-electron chi connectivity index (χ2n) is 4.59. The van der Waals surface area contributed by atoms with E-state index in [1.54, 1.807) is 0 Å². The van der Waals surface area contributed by atoms with Crippen LogP contribution in [0.5, 0.6) is 0 Å². The van der Waals surface area contributed by atoms with Gasteiger partial charge < -0.3 is 5.32 Å². The molecule has 0 aliphatic heterocycles. The molecule has 1 unspecified atom stereocenters. The highest BCUT2D eigenvalue weighted by molar-refractivity contribution is 5.46. The molecule has 0 amide bonds. The molecule has 0 aliphatic carbocycles. The summed E-state index contributed by atoms with van der Waals surface area (Å²) in [6.07, 6.45) is 1.01. The maximum absolute atomic E-state index is 13.1. The third-order valence-electron chi connectivity index (χ3n) is 3.19. The molecule has 2 rings (SSSR count). The molecule has 0 saturated heterocycles. The Bertz CT molecular complexity index is 549. The number of halogens is 2. The molecule has 1 atom stereocenters. The normalized spacial score (nSPS) is 12.2. The van der Waals surface area contributed by atoms with Crippen molar-refractivity contribution in [2.75, 3.05) is 5.32 Å². The van der Waals surface area contributed by atoms with Crippen molar-refractivity contribution in [2.24, 2.45) is 0 Å². The Morgan fingerprint density at radius 1 is 1.00 bits per heavy atom. The largest absolute Gasteiger partial charge is 0.378 e. The summed E-state index contributed by atoms with van der Waals surface area (Å²) in [5.74, 6) is -1.66. The number of anilines is 1. The zero-order chi connectivity index (χ0) is 13.8. The molecule has 2 aromatic rings. The Hall–Kier alpha value is -1.90. The van der Waals surface area contributed by atoms with Crippen LogP contribution in [0.1, 0.15) is 31.0 Å². The summed E-state index contributed by atoms with van der Waals surface area (Å²) in [5.41, 5.74) is 2.97. The first-order chi connectivity index (χ1) is 9.10. The van der Waals surface area contributed by atoms with Crippen molar-refractivity contribution in [2.45, 2.75) is 26.3 Å². The molecule has 0 bridgehead atoms. The Balaban J connectivity index is 2.10. The van der Waals surface area contributed by atoms with Gasteiger partial charge in [-0.25, -0.2) is 8.78 Å². The van der Waals surface area contributed by atoms with Crippen molar-refractivity contribution in [3.05, 3.63) is 65.2 Å². The van der Waals surface area contributed by atoms with Crippen molar-refractivity contribution in [3.8, 4) is 0 Å². The van der Waals surface area contributed by atoms with Gasteiger partial charge in [-0.3, -0.25) is 0 Å². The number of rotatable bonds is 4. The molecule has 2 aromatic carbocycles. The fourth-order valence-corrected chi connectivity index (χ4v) is 1.96. The molecule has 0 aromatic heterocycles.